The molecule has 0 saturated heterocycles. The Hall–Kier alpha value is -1.02. The van der Waals surface area contributed by atoms with Crippen molar-refractivity contribution in [1.82, 2.24) is 5.32 Å². The first kappa shape index (κ1) is 10.5. The maximum atomic E-state index is 5.73. The van der Waals surface area contributed by atoms with Gasteiger partial charge in [0.2, 0.25) is 0 Å². The Morgan fingerprint density at radius 1 is 1.40 bits per heavy atom. The summed E-state index contributed by atoms with van der Waals surface area (Å²) >= 11 is 0. The third kappa shape index (κ3) is 2.15. The molecule has 0 bridgehead atoms. The first-order valence-electron chi connectivity index (χ1n) is 5.67. The number of hydrogen-bond acceptors (Lipinski definition) is 2. The molecular weight excluding hydrogens is 186 g/mol. The van der Waals surface area contributed by atoms with Crippen molar-refractivity contribution in [2.45, 2.75) is 39.3 Å². The number of rotatable bonds is 2. The molecule has 2 heteroatoms. The van der Waals surface area contributed by atoms with Crippen LogP contribution >= 0.6 is 0 Å². The summed E-state index contributed by atoms with van der Waals surface area (Å²) < 4.78 is 5.73. The first-order valence-corrected chi connectivity index (χ1v) is 5.67. The van der Waals surface area contributed by atoms with Gasteiger partial charge in [-0.3, -0.25) is 0 Å². The van der Waals surface area contributed by atoms with Crippen molar-refractivity contribution in [3.05, 3.63) is 29.3 Å². The molecule has 2 rings (SSSR count). The van der Waals surface area contributed by atoms with E-state index in [0.717, 1.165) is 18.8 Å². The Morgan fingerprint density at radius 2 is 2.20 bits per heavy atom. The van der Waals surface area contributed by atoms with Gasteiger partial charge in [-0.25, -0.2) is 0 Å². The molecule has 0 radical (unpaired) electrons. The molecule has 82 valence electrons. The van der Waals surface area contributed by atoms with Crippen molar-refractivity contribution in [1.29, 1.82) is 0 Å². The molecule has 1 unspecified atom stereocenters. The Balaban J connectivity index is 2.30. The number of ether oxygens (including phenoxy) is 1. The molecule has 1 aliphatic rings. The maximum Gasteiger partial charge on any atom is 0.126 e. The summed E-state index contributed by atoms with van der Waals surface area (Å²) in [6, 6.07) is 7.35. The zero-order valence-corrected chi connectivity index (χ0v) is 9.71. The Morgan fingerprint density at radius 3 is 2.93 bits per heavy atom. The molecule has 0 aliphatic carbocycles. The molecule has 0 aromatic heterocycles. The summed E-state index contributed by atoms with van der Waals surface area (Å²) in [6.07, 6.45) is 1.06. The van der Waals surface area contributed by atoms with E-state index in [4.69, 9.17) is 4.74 Å². The minimum absolute atomic E-state index is 0.452. The fourth-order valence-corrected chi connectivity index (χ4v) is 2.16. The van der Waals surface area contributed by atoms with Crippen molar-refractivity contribution in [3.8, 4) is 5.75 Å². The molecule has 15 heavy (non-hydrogen) atoms. The fourth-order valence-electron chi connectivity index (χ4n) is 2.16. The lowest BCUT2D eigenvalue weighted by Crippen LogP contribution is -2.32. The van der Waals surface area contributed by atoms with Gasteiger partial charge in [-0.05, 0) is 12.5 Å². The van der Waals surface area contributed by atoms with E-state index in [2.05, 4.69) is 44.3 Å². The molecule has 0 saturated carbocycles. The Kier molecular flexibility index (Phi) is 2.96. The number of hydrogen-bond donors (Lipinski definition) is 1. The minimum atomic E-state index is 0.452. The van der Waals surface area contributed by atoms with Crippen LogP contribution in [0.5, 0.6) is 5.75 Å². The van der Waals surface area contributed by atoms with Crippen LogP contribution in [0.15, 0.2) is 18.2 Å². The highest BCUT2D eigenvalue weighted by atomic mass is 16.5. The Bertz CT molecular complexity index is 346. The molecule has 2 nitrogen and oxygen atoms in total. The van der Waals surface area contributed by atoms with Gasteiger partial charge in [0.25, 0.3) is 0 Å². The number of benzene rings is 1. The minimum Gasteiger partial charge on any atom is -0.493 e. The van der Waals surface area contributed by atoms with E-state index < -0.39 is 0 Å². The predicted octanol–water partition coefficient (Wildman–Crippen LogP) is 2.82. The molecule has 0 spiro atoms. The van der Waals surface area contributed by atoms with Crippen LogP contribution in [0, 0.1) is 6.92 Å². The summed E-state index contributed by atoms with van der Waals surface area (Å²) in [5.41, 5.74) is 2.55. The molecule has 1 aromatic rings. The van der Waals surface area contributed by atoms with Gasteiger partial charge < -0.3 is 10.1 Å². The zero-order valence-electron chi connectivity index (χ0n) is 9.71. The topological polar surface area (TPSA) is 21.3 Å². The van der Waals surface area contributed by atoms with Crippen LogP contribution in [0.3, 0.4) is 0 Å². The molecule has 1 aromatic carbocycles. The molecule has 1 atom stereocenters. The molecule has 1 N–H and O–H groups in total. The summed E-state index contributed by atoms with van der Waals surface area (Å²) in [5, 5.41) is 3.59. The SMILES string of the molecule is Cc1cccc2c1OCCC2NC(C)C. The molecular formula is C13H19NO. The Labute approximate surface area is 91.6 Å². The molecule has 0 fully saturated rings. The van der Waals surface area contributed by atoms with Gasteiger partial charge in [-0.2, -0.15) is 0 Å². The van der Waals surface area contributed by atoms with Crippen LogP contribution in [-0.2, 0) is 0 Å². The third-order valence-electron chi connectivity index (χ3n) is 2.81. The van der Waals surface area contributed by atoms with Crippen LogP contribution in [0.2, 0.25) is 0 Å². The predicted molar refractivity (Wildman–Crippen MR) is 62.3 cm³/mol. The van der Waals surface area contributed by atoms with Crippen molar-refractivity contribution in [3.63, 3.8) is 0 Å². The van der Waals surface area contributed by atoms with Crippen molar-refractivity contribution in [2.24, 2.45) is 0 Å². The van der Waals surface area contributed by atoms with Crippen LogP contribution in [0.4, 0.5) is 0 Å². The second kappa shape index (κ2) is 4.23. The average Bonchev–Trinajstić information content (AvgIpc) is 2.19. The van der Waals surface area contributed by atoms with Crippen molar-refractivity contribution >= 4 is 0 Å². The normalized spacial score (nSPS) is 19.9. The summed E-state index contributed by atoms with van der Waals surface area (Å²) in [6.45, 7) is 7.30. The van der Waals surface area contributed by atoms with Gasteiger partial charge in [0.1, 0.15) is 5.75 Å². The van der Waals surface area contributed by atoms with E-state index in [1.54, 1.807) is 0 Å². The molecule has 1 heterocycles. The number of aryl methyl sites for hydroxylation is 1. The number of nitrogens with one attached hydrogen (secondary N) is 1. The maximum absolute atomic E-state index is 5.73. The molecule has 0 amide bonds. The van der Waals surface area contributed by atoms with Gasteiger partial charge >= 0.3 is 0 Å². The van der Waals surface area contributed by atoms with Crippen LogP contribution in [0.25, 0.3) is 0 Å². The highest BCUT2D eigenvalue weighted by Gasteiger charge is 2.22. The monoisotopic (exact) mass is 205 g/mol. The van der Waals surface area contributed by atoms with E-state index in [1.807, 2.05) is 0 Å². The lowest BCUT2D eigenvalue weighted by molar-refractivity contribution is 0.246. The van der Waals surface area contributed by atoms with Crippen LogP contribution in [-0.4, -0.2) is 12.6 Å². The van der Waals surface area contributed by atoms with E-state index in [9.17, 15) is 0 Å². The third-order valence-corrected chi connectivity index (χ3v) is 2.81. The van der Waals surface area contributed by atoms with Crippen LogP contribution in [0.1, 0.15) is 37.4 Å². The highest BCUT2D eigenvalue weighted by molar-refractivity contribution is 5.43. The van der Waals surface area contributed by atoms with E-state index in [-0.39, 0.29) is 0 Å². The second-order valence-electron chi connectivity index (χ2n) is 4.50. The van der Waals surface area contributed by atoms with E-state index >= 15 is 0 Å². The van der Waals surface area contributed by atoms with E-state index in [0.29, 0.717) is 12.1 Å². The summed E-state index contributed by atoms with van der Waals surface area (Å²) in [7, 11) is 0. The quantitative estimate of drug-likeness (QED) is 0.801. The van der Waals surface area contributed by atoms with Gasteiger partial charge in [-0.15, -0.1) is 0 Å². The number of fused-ring (bicyclic) bond motifs is 1. The van der Waals surface area contributed by atoms with Crippen molar-refractivity contribution < 1.29 is 4.74 Å². The summed E-state index contributed by atoms with van der Waals surface area (Å²) in [4.78, 5) is 0. The lowest BCUT2D eigenvalue weighted by Gasteiger charge is -2.29. The smallest absolute Gasteiger partial charge is 0.126 e. The van der Waals surface area contributed by atoms with Crippen LogP contribution < -0.4 is 10.1 Å². The fraction of sp³-hybridized carbons (Fsp3) is 0.538. The van der Waals surface area contributed by atoms with Gasteiger partial charge in [0.15, 0.2) is 0 Å². The number of para-hydroxylation sites is 1. The molecule has 1 aliphatic heterocycles. The van der Waals surface area contributed by atoms with Gasteiger partial charge in [0, 0.05) is 24.1 Å². The van der Waals surface area contributed by atoms with Crippen molar-refractivity contribution in [2.75, 3.05) is 6.61 Å². The first-order chi connectivity index (χ1) is 7.18. The second-order valence-corrected chi connectivity index (χ2v) is 4.50. The van der Waals surface area contributed by atoms with E-state index in [1.165, 1.54) is 11.1 Å². The largest absolute Gasteiger partial charge is 0.493 e. The zero-order chi connectivity index (χ0) is 10.8. The highest BCUT2D eigenvalue weighted by Crippen LogP contribution is 2.34. The van der Waals surface area contributed by atoms with Gasteiger partial charge in [-0.1, -0.05) is 32.0 Å². The van der Waals surface area contributed by atoms with Gasteiger partial charge in [0.05, 0.1) is 6.61 Å². The average molecular weight is 205 g/mol. The standard InChI is InChI=1S/C13H19NO/c1-9(2)14-12-7-8-15-13-10(3)5-4-6-11(12)13/h4-6,9,12,14H,7-8H2,1-3H3. The summed E-state index contributed by atoms with van der Waals surface area (Å²) in [5.74, 6) is 1.09. The lowest BCUT2D eigenvalue weighted by atomic mass is 9.97.